The number of unbranched alkanes of at least 4 members (excludes halogenated alkanes) is 22. The number of carboxylic acid groups (broad SMARTS) is 2. The van der Waals surface area contributed by atoms with Gasteiger partial charge in [0.05, 0.1) is 0 Å². The molecule has 0 saturated carbocycles. The minimum absolute atomic E-state index is 0.308. The fraction of sp³-hybridized carbons (Fsp3) is 0.842. The Morgan fingerprint density at radius 3 is 0.929 bits per heavy atom. The van der Waals surface area contributed by atoms with Gasteiger partial charge in [0, 0.05) is 38.5 Å². The van der Waals surface area contributed by atoms with Crippen molar-refractivity contribution < 1.29 is 19.8 Å². The van der Waals surface area contributed by atoms with Crippen molar-refractivity contribution in [1.82, 2.24) is 0 Å². The molecule has 0 amide bonds. The van der Waals surface area contributed by atoms with Crippen LogP contribution in [0.3, 0.4) is 0 Å². The third kappa shape index (κ3) is 36.1. The van der Waals surface area contributed by atoms with Gasteiger partial charge in [-0.2, -0.15) is 0 Å². The van der Waals surface area contributed by atoms with Crippen molar-refractivity contribution in [2.24, 2.45) is 5.92 Å². The van der Waals surface area contributed by atoms with Crippen LogP contribution >= 0.6 is 0 Å². The molecule has 2 N–H and O–H groups in total. The molecule has 0 aromatic carbocycles. The van der Waals surface area contributed by atoms with E-state index < -0.39 is 11.9 Å². The molecule has 0 aromatic rings. The molecule has 0 bridgehead atoms. The van der Waals surface area contributed by atoms with Crippen LogP contribution in [-0.2, 0) is 9.59 Å². The summed E-state index contributed by atoms with van der Waals surface area (Å²) in [5.41, 5.74) is 0. The van der Waals surface area contributed by atoms with E-state index in [0.717, 1.165) is 83.0 Å². The number of aliphatic carboxylic acids is 2. The van der Waals surface area contributed by atoms with E-state index in [0.29, 0.717) is 12.8 Å². The van der Waals surface area contributed by atoms with Gasteiger partial charge in [0.25, 0.3) is 0 Å². The fourth-order valence-corrected chi connectivity index (χ4v) is 5.36. The summed E-state index contributed by atoms with van der Waals surface area (Å²) >= 11 is 0. The average molecular weight is 587 g/mol. The van der Waals surface area contributed by atoms with E-state index >= 15 is 0 Å². The Balaban J connectivity index is 3.28. The first-order valence-electron chi connectivity index (χ1n) is 17.9. The van der Waals surface area contributed by atoms with Crippen LogP contribution in [0.4, 0.5) is 0 Å². The van der Waals surface area contributed by atoms with Crippen LogP contribution in [-0.4, -0.2) is 22.2 Å². The standard InChI is InChI=1S/C38H66O4/c1-36(32-28-24-20-16-12-8-4-2-6-10-14-18-22-26-30-34-37(39)40)33-29-25-21-17-13-9-5-3-7-11-15-19-23-27-31-35-38(41)42/h36H,4-5,8-35H2,1H3,(H,39,40)(H,41,42). The summed E-state index contributed by atoms with van der Waals surface area (Å²) in [5.74, 6) is 12.8. The molecular formula is C38H66O4. The normalized spacial score (nSPS) is 10.7. The largest absolute Gasteiger partial charge is 0.481 e. The molecule has 0 aliphatic heterocycles. The van der Waals surface area contributed by atoms with Crippen LogP contribution in [0.15, 0.2) is 0 Å². The van der Waals surface area contributed by atoms with E-state index in [9.17, 15) is 9.59 Å². The molecule has 0 spiro atoms. The molecule has 0 unspecified atom stereocenters. The molecule has 0 fully saturated rings. The zero-order chi connectivity index (χ0) is 30.8. The van der Waals surface area contributed by atoms with Crippen LogP contribution in [0, 0.1) is 29.6 Å². The first-order valence-corrected chi connectivity index (χ1v) is 17.9. The maximum Gasteiger partial charge on any atom is 0.303 e. The highest BCUT2D eigenvalue weighted by molar-refractivity contribution is 5.66. The molecule has 4 heteroatoms. The Hall–Kier alpha value is -1.94. The maximum atomic E-state index is 10.5. The lowest BCUT2D eigenvalue weighted by Crippen LogP contribution is -1.95. The SMILES string of the molecule is CC(CCCCCCCCC#CCCCCCCCC(=O)O)CCCCCCCCC#CCCCCCCCC(=O)O. The second-order valence-corrected chi connectivity index (χ2v) is 12.5. The number of hydrogen-bond acceptors (Lipinski definition) is 2. The van der Waals surface area contributed by atoms with Crippen molar-refractivity contribution in [3.8, 4) is 23.7 Å². The van der Waals surface area contributed by atoms with E-state index in [-0.39, 0.29) is 0 Å². The zero-order valence-electron chi connectivity index (χ0n) is 27.5. The van der Waals surface area contributed by atoms with Gasteiger partial charge in [0.15, 0.2) is 0 Å². The minimum Gasteiger partial charge on any atom is -0.481 e. The third-order valence-electron chi connectivity index (χ3n) is 8.13. The fourth-order valence-electron chi connectivity index (χ4n) is 5.36. The van der Waals surface area contributed by atoms with Crippen LogP contribution in [0.2, 0.25) is 0 Å². The van der Waals surface area contributed by atoms with Crippen LogP contribution in [0.5, 0.6) is 0 Å². The Kier molecular flexibility index (Phi) is 32.0. The molecule has 42 heavy (non-hydrogen) atoms. The van der Waals surface area contributed by atoms with E-state index in [1.54, 1.807) is 0 Å². The molecular weight excluding hydrogens is 520 g/mol. The number of carboxylic acids is 2. The van der Waals surface area contributed by atoms with Crippen molar-refractivity contribution in [2.45, 2.75) is 200 Å². The summed E-state index contributed by atoms with van der Waals surface area (Å²) in [6.45, 7) is 2.44. The van der Waals surface area contributed by atoms with Crippen molar-refractivity contribution in [1.29, 1.82) is 0 Å². The summed E-state index contributed by atoms with van der Waals surface area (Å²) in [4.78, 5) is 20.9. The van der Waals surface area contributed by atoms with Gasteiger partial charge in [0.1, 0.15) is 0 Å². The second kappa shape index (κ2) is 33.6. The van der Waals surface area contributed by atoms with Gasteiger partial charge in [0.2, 0.25) is 0 Å². The minimum atomic E-state index is -0.679. The van der Waals surface area contributed by atoms with Crippen molar-refractivity contribution >= 4 is 11.9 Å². The van der Waals surface area contributed by atoms with E-state index in [2.05, 4.69) is 30.6 Å². The highest BCUT2D eigenvalue weighted by Gasteiger charge is 2.02. The van der Waals surface area contributed by atoms with Gasteiger partial charge < -0.3 is 10.2 Å². The predicted octanol–water partition coefficient (Wildman–Crippen LogP) is 11.5. The smallest absolute Gasteiger partial charge is 0.303 e. The Labute approximate surface area is 260 Å². The Bertz CT molecular complexity index is 674. The molecule has 0 saturated heterocycles. The third-order valence-corrected chi connectivity index (χ3v) is 8.13. The van der Waals surface area contributed by atoms with Gasteiger partial charge in [-0.3, -0.25) is 9.59 Å². The molecule has 0 atom stereocenters. The summed E-state index contributed by atoms with van der Waals surface area (Å²) in [6.07, 6.45) is 34.2. The molecule has 0 aromatic heterocycles. The molecule has 0 heterocycles. The first kappa shape index (κ1) is 40.1. The Morgan fingerprint density at radius 1 is 0.405 bits per heavy atom. The molecule has 0 radical (unpaired) electrons. The predicted molar refractivity (Wildman–Crippen MR) is 178 cm³/mol. The maximum absolute atomic E-state index is 10.5. The zero-order valence-corrected chi connectivity index (χ0v) is 27.5. The van der Waals surface area contributed by atoms with E-state index in [1.165, 1.54) is 103 Å². The van der Waals surface area contributed by atoms with E-state index in [1.807, 2.05) is 0 Å². The number of rotatable bonds is 30. The van der Waals surface area contributed by atoms with Gasteiger partial charge in [-0.1, -0.05) is 122 Å². The molecule has 0 rings (SSSR count). The summed E-state index contributed by atoms with van der Waals surface area (Å²) in [6, 6.07) is 0. The van der Waals surface area contributed by atoms with Gasteiger partial charge >= 0.3 is 11.9 Å². The van der Waals surface area contributed by atoms with Crippen LogP contribution in [0.1, 0.15) is 200 Å². The monoisotopic (exact) mass is 586 g/mol. The molecule has 0 aliphatic rings. The summed E-state index contributed by atoms with van der Waals surface area (Å²) < 4.78 is 0. The highest BCUT2D eigenvalue weighted by atomic mass is 16.4. The van der Waals surface area contributed by atoms with Gasteiger partial charge in [-0.25, -0.2) is 0 Å². The quantitative estimate of drug-likeness (QED) is 0.0648. The lowest BCUT2D eigenvalue weighted by atomic mass is 9.96. The average Bonchev–Trinajstić information content (AvgIpc) is 2.96. The van der Waals surface area contributed by atoms with Gasteiger partial charge in [-0.05, 0) is 44.4 Å². The topological polar surface area (TPSA) is 74.6 Å². The highest BCUT2D eigenvalue weighted by Crippen LogP contribution is 2.19. The number of hydrogen-bond donors (Lipinski definition) is 2. The lowest BCUT2D eigenvalue weighted by molar-refractivity contribution is -0.138. The molecule has 4 nitrogen and oxygen atoms in total. The lowest BCUT2D eigenvalue weighted by Gasteiger charge is -2.11. The van der Waals surface area contributed by atoms with Gasteiger partial charge in [-0.15, -0.1) is 23.7 Å². The number of carbonyl (C=O) groups is 2. The summed E-state index contributed by atoms with van der Waals surface area (Å²) in [7, 11) is 0. The first-order chi connectivity index (χ1) is 20.5. The Morgan fingerprint density at radius 2 is 0.643 bits per heavy atom. The van der Waals surface area contributed by atoms with Crippen LogP contribution in [0.25, 0.3) is 0 Å². The van der Waals surface area contributed by atoms with Crippen molar-refractivity contribution in [3.05, 3.63) is 0 Å². The molecule has 0 aliphatic carbocycles. The van der Waals surface area contributed by atoms with Crippen molar-refractivity contribution in [2.75, 3.05) is 0 Å². The van der Waals surface area contributed by atoms with Crippen molar-refractivity contribution in [3.63, 3.8) is 0 Å². The summed E-state index contributed by atoms with van der Waals surface area (Å²) in [5, 5.41) is 17.2. The van der Waals surface area contributed by atoms with Crippen LogP contribution < -0.4 is 0 Å². The second-order valence-electron chi connectivity index (χ2n) is 12.5. The van der Waals surface area contributed by atoms with E-state index in [4.69, 9.17) is 10.2 Å². The molecule has 242 valence electrons.